The largest absolute Gasteiger partial charge is 0.367 e. The molecule has 0 N–H and O–H groups in total. The summed E-state index contributed by atoms with van der Waals surface area (Å²) in [5, 5.41) is 11.3. The molecule has 1 saturated carbocycles. The minimum Gasteiger partial charge on any atom is -0.367 e. The molecule has 0 bridgehead atoms. The molecule has 8 nitrogen and oxygen atoms in total. The molecule has 1 aliphatic carbocycles. The highest BCUT2D eigenvalue weighted by Gasteiger charge is 2.28. The second-order valence-electron chi connectivity index (χ2n) is 9.61. The van der Waals surface area contributed by atoms with Gasteiger partial charge in [-0.05, 0) is 56.7 Å². The lowest BCUT2D eigenvalue weighted by atomic mass is 10.1. The summed E-state index contributed by atoms with van der Waals surface area (Å²) in [7, 11) is 0. The van der Waals surface area contributed by atoms with Crippen molar-refractivity contribution in [1.29, 1.82) is 0 Å². The van der Waals surface area contributed by atoms with Crippen molar-refractivity contribution in [3.63, 3.8) is 0 Å². The standard InChI is InChI=1S/C27H27FN4O4/c1-17(33)23-16-31(20-8-9-20)25-13-26(24(28)12-22(25)27(23)34)30-10-3-2-6-19(15-30)29-14-18-5-4-7-21(11-18)32(35)36/h4-5,7,11-14,16,19-20H,2-3,6,8-10,15H2,1H3/b29-14+/t19-/m1/s1. The molecule has 2 aliphatic rings. The number of rotatable bonds is 6. The lowest BCUT2D eigenvalue weighted by Crippen LogP contribution is -2.31. The van der Waals surface area contributed by atoms with Gasteiger partial charge in [0.15, 0.2) is 11.2 Å². The van der Waals surface area contributed by atoms with Crippen molar-refractivity contribution in [1.82, 2.24) is 4.57 Å². The first kappa shape index (κ1) is 23.8. The molecule has 0 amide bonds. The van der Waals surface area contributed by atoms with Gasteiger partial charge in [0.2, 0.25) is 0 Å². The number of carbonyl (C=O) groups is 1. The number of fused-ring (bicyclic) bond motifs is 1. The van der Waals surface area contributed by atoms with Gasteiger partial charge in [-0.25, -0.2) is 4.39 Å². The van der Waals surface area contributed by atoms with E-state index in [0.29, 0.717) is 29.9 Å². The van der Waals surface area contributed by atoms with Crippen LogP contribution in [0.2, 0.25) is 0 Å². The summed E-state index contributed by atoms with van der Waals surface area (Å²) in [5.41, 5.74) is 1.37. The van der Waals surface area contributed by atoms with Crippen LogP contribution in [0.25, 0.3) is 10.9 Å². The lowest BCUT2D eigenvalue weighted by molar-refractivity contribution is -0.384. The van der Waals surface area contributed by atoms with Gasteiger partial charge in [-0.2, -0.15) is 0 Å². The third kappa shape index (κ3) is 4.78. The topological polar surface area (TPSA) is 97.8 Å². The van der Waals surface area contributed by atoms with E-state index in [2.05, 4.69) is 4.99 Å². The Labute approximate surface area is 207 Å². The number of halogens is 1. The van der Waals surface area contributed by atoms with Crippen LogP contribution in [-0.2, 0) is 0 Å². The second-order valence-corrected chi connectivity index (χ2v) is 9.61. The van der Waals surface area contributed by atoms with Gasteiger partial charge < -0.3 is 9.47 Å². The summed E-state index contributed by atoms with van der Waals surface area (Å²) in [6.07, 6.45) is 7.82. The minimum absolute atomic E-state index is 0.00863. The number of hydrogen-bond acceptors (Lipinski definition) is 6. The zero-order valence-electron chi connectivity index (χ0n) is 20.0. The van der Waals surface area contributed by atoms with Crippen LogP contribution in [0, 0.1) is 15.9 Å². The molecule has 1 aliphatic heterocycles. The quantitative estimate of drug-likeness (QED) is 0.208. The molecule has 1 aromatic heterocycles. The number of hydrogen-bond donors (Lipinski definition) is 0. The number of anilines is 1. The van der Waals surface area contributed by atoms with Crippen molar-refractivity contribution in [2.45, 2.75) is 51.1 Å². The Morgan fingerprint density at radius 1 is 1.19 bits per heavy atom. The number of carbonyl (C=O) groups excluding carboxylic acids is 1. The monoisotopic (exact) mass is 490 g/mol. The smallest absolute Gasteiger partial charge is 0.270 e. The molecule has 0 radical (unpaired) electrons. The first-order chi connectivity index (χ1) is 17.3. The van der Waals surface area contributed by atoms with Crippen LogP contribution in [0.5, 0.6) is 0 Å². The number of nitrogens with zero attached hydrogens (tertiary/aromatic N) is 4. The molecule has 1 saturated heterocycles. The predicted molar refractivity (Wildman–Crippen MR) is 137 cm³/mol. The fourth-order valence-electron chi connectivity index (χ4n) is 4.88. The molecule has 5 rings (SSSR count). The van der Waals surface area contributed by atoms with Crippen molar-refractivity contribution in [3.05, 3.63) is 79.9 Å². The highest BCUT2D eigenvalue weighted by atomic mass is 19.1. The molecule has 0 unspecified atom stereocenters. The highest BCUT2D eigenvalue weighted by molar-refractivity contribution is 5.97. The van der Waals surface area contributed by atoms with E-state index in [1.165, 1.54) is 25.1 Å². The van der Waals surface area contributed by atoms with E-state index in [4.69, 9.17) is 0 Å². The average Bonchev–Trinajstić information content (AvgIpc) is 3.71. The van der Waals surface area contributed by atoms with Crippen LogP contribution in [-0.4, -0.2) is 40.6 Å². The Balaban J connectivity index is 1.48. The van der Waals surface area contributed by atoms with Crippen molar-refractivity contribution >= 4 is 34.3 Å². The van der Waals surface area contributed by atoms with E-state index in [0.717, 1.165) is 32.1 Å². The van der Waals surface area contributed by atoms with E-state index in [1.54, 1.807) is 30.6 Å². The maximum Gasteiger partial charge on any atom is 0.270 e. The average molecular weight is 491 g/mol. The maximum absolute atomic E-state index is 15.4. The number of nitro groups is 1. The minimum atomic E-state index is -0.494. The summed E-state index contributed by atoms with van der Waals surface area (Å²) in [6, 6.07) is 9.42. The number of Topliss-reactive ketones (excluding diaryl/α,β-unsaturated/α-hetero) is 1. The maximum atomic E-state index is 15.4. The first-order valence-corrected chi connectivity index (χ1v) is 12.2. The van der Waals surface area contributed by atoms with E-state index >= 15 is 4.39 Å². The van der Waals surface area contributed by atoms with E-state index in [-0.39, 0.29) is 34.5 Å². The molecule has 2 heterocycles. The van der Waals surface area contributed by atoms with Crippen molar-refractivity contribution < 1.29 is 14.1 Å². The third-order valence-corrected chi connectivity index (χ3v) is 6.92. The molecule has 36 heavy (non-hydrogen) atoms. The predicted octanol–water partition coefficient (Wildman–Crippen LogP) is 5.06. The number of benzene rings is 2. The Hall–Kier alpha value is -3.88. The van der Waals surface area contributed by atoms with Crippen LogP contribution >= 0.6 is 0 Å². The molecular formula is C27H27FN4O4. The van der Waals surface area contributed by atoms with Crippen LogP contribution in [0.15, 0.2) is 52.4 Å². The molecule has 0 spiro atoms. The Morgan fingerprint density at radius 3 is 2.72 bits per heavy atom. The molecular weight excluding hydrogens is 463 g/mol. The zero-order chi connectivity index (χ0) is 25.4. The van der Waals surface area contributed by atoms with Crippen LogP contribution < -0.4 is 10.3 Å². The van der Waals surface area contributed by atoms with Crippen LogP contribution in [0.1, 0.15) is 61.0 Å². The van der Waals surface area contributed by atoms with Gasteiger partial charge in [0, 0.05) is 49.1 Å². The Bertz CT molecular complexity index is 1440. The molecule has 9 heteroatoms. The second kappa shape index (κ2) is 9.64. The van der Waals surface area contributed by atoms with Gasteiger partial charge in [0.05, 0.1) is 27.7 Å². The van der Waals surface area contributed by atoms with Gasteiger partial charge in [-0.15, -0.1) is 0 Å². The number of ketones is 1. The molecule has 2 aromatic carbocycles. The van der Waals surface area contributed by atoms with Gasteiger partial charge in [0.25, 0.3) is 5.69 Å². The third-order valence-electron chi connectivity index (χ3n) is 6.92. The van der Waals surface area contributed by atoms with Gasteiger partial charge in [-0.3, -0.25) is 24.7 Å². The number of aromatic nitrogens is 1. The van der Waals surface area contributed by atoms with Gasteiger partial charge >= 0.3 is 0 Å². The van der Waals surface area contributed by atoms with Gasteiger partial charge in [-0.1, -0.05) is 12.1 Å². The summed E-state index contributed by atoms with van der Waals surface area (Å²) >= 11 is 0. The number of nitro benzene ring substituents is 1. The SMILES string of the molecule is CC(=O)c1cn(C2CC2)c2cc(N3CCCC[C@@H](/N=C/c4cccc([N+](=O)[O-])c4)C3)c(F)cc2c1=O. The van der Waals surface area contributed by atoms with Crippen LogP contribution in [0.3, 0.4) is 0 Å². The van der Waals surface area contributed by atoms with Crippen molar-refractivity contribution in [3.8, 4) is 0 Å². The van der Waals surface area contributed by atoms with E-state index < -0.39 is 16.2 Å². The fraction of sp³-hybridized carbons (Fsp3) is 0.370. The van der Waals surface area contributed by atoms with E-state index in [9.17, 15) is 19.7 Å². The zero-order valence-corrected chi connectivity index (χ0v) is 20.0. The molecule has 186 valence electrons. The Kier molecular flexibility index (Phi) is 6.38. The van der Waals surface area contributed by atoms with Crippen molar-refractivity contribution in [2.75, 3.05) is 18.0 Å². The number of aliphatic imine (C=N–C) groups is 1. The number of non-ortho nitro benzene ring substituents is 1. The fourth-order valence-corrected chi connectivity index (χ4v) is 4.88. The lowest BCUT2D eigenvalue weighted by Gasteiger charge is -2.26. The van der Waals surface area contributed by atoms with Crippen molar-refractivity contribution in [2.24, 2.45) is 4.99 Å². The molecule has 2 fully saturated rings. The molecule has 1 atom stereocenters. The number of pyridine rings is 1. The highest BCUT2D eigenvalue weighted by Crippen LogP contribution is 2.38. The van der Waals surface area contributed by atoms with E-state index in [1.807, 2.05) is 9.47 Å². The summed E-state index contributed by atoms with van der Waals surface area (Å²) < 4.78 is 17.4. The summed E-state index contributed by atoms with van der Waals surface area (Å²) in [6.45, 7) is 2.51. The van der Waals surface area contributed by atoms with Crippen LogP contribution in [0.4, 0.5) is 15.8 Å². The summed E-state index contributed by atoms with van der Waals surface area (Å²) in [5.74, 6) is -0.816. The van der Waals surface area contributed by atoms with Gasteiger partial charge in [0.1, 0.15) is 5.82 Å². The summed E-state index contributed by atoms with van der Waals surface area (Å²) in [4.78, 5) is 42.2. The normalized spacial score (nSPS) is 18.5. The Morgan fingerprint density at radius 2 is 2.00 bits per heavy atom. The molecule has 3 aromatic rings. The first-order valence-electron chi connectivity index (χ1n) is 12.2.